The van der Waals surface area contributed by atoms with Gasteiger partial charge < -0.3 is 5.32 Å². The van der Waals surface area contributed by atoms with E-state index < -0.39 is 0 Å². The highest BCUT2D eigenvalue weighted by atomic mass is 35.5. The van der Waals surface area contributed by atoms with Crippen molar-refractivity contribution >= 4 is 29.0 Å². The Balaban J connectivity index is 2.12. The van der Waals surface area contributed by atoms with Crippen molar-refractivity contribution in [3.8, 4) is 0 Å². The SMILES string of the molecule is Cc1cccnc1CNc1nc(Cl)ncc1Cl. The van der Waals surface area contributed by atoms with Gasteiger partial charge in [0.1, 0.15) is 10.8 Å². The van der Waals surface area contributed by atoms with Crippen molar-refractivity contribution in [3.63, 3.8) is 0 Å². The van der Waals surface area contributed by atoms with E-state index in [4.69, 9.17) is 23.2 Å². The molecule has 2 heterocycles. The summed E-state index contributed by atoms with van der Waals surface area (Å²) in [6.07, 6.45) is 3.21. The fourth-order valence-corrected chi connectivity index (χ4v) is 1.63. The van der Waals surface area contributed by atoms with Crippen LogP contribution < -0.4 is 5.32 Å². The Morgan fingerprint density at radius 3 is 2.88 bits per heavy atom. The van der Waals surface area contributed by atoms with E-state index in [0.717, 1.165) is 11.3 Å². The van der Waals surface area contributed by atoms with Gasteiger partial charge in [0.25, 0.3) is 0 Å². The molecule has 0 amide bonds. The van der Waals surface area contributed by atoms with Gasteiger partial charge in [0.2, 0.25) is 5.28 Å². The summed E-state index contributed by atoms with van der Waals surface area (Å²) in [4.78, 5) is 12.0. The van der Waals surface area contributed by atoms with Crippen LogP contribution in [0.1, 0.15) is 11.3 Å². The largest absolute Gasteiger partial charge is 0.363 e. The van der Waals surface area contributed by atoms with Crippen LogP contribution in [-0.4, -0.2) is 15.0 Å². The van der Waals surface area contributed by atoms with E-state index >= 15 is 0 Å². The minimum Gasteiger partial charge on any atom is -0.363 e. The molecular formula is C11H10Cl2N4. The summed E-state index contributed by atoms with van der Waals surface area (Å²) in [5.41, 5.74) is 2.05. The second-order valence-electron chi connectivity index (χ2n) is 3.46. The molecule has 2 rings (SSSR count). The number of rotatable bonds is 3. The van der Waals surface area contributed by atoms with Crippen molar-refractivity contribution in [2.75, 3.05) is 5.32 Å². The van der Waals surface area contributed by atoms with Crippen LogP contribution in [0.2, 0.25) is 10.3 Å². The molecule has 0 aliphatic carbocycles. The van der Waals surface area contributed by atoms with Gasteiger partial charge in [0.15, 0.2) is 0 Å². The smallest absolute Gasteiger partial charge is 0.224 e. The van der Waals surface area contributed by atoms with Gasteiger partial charge in [-0.25, -0.2) is 4.98 Å². The molecule has 1 N–H and O–H groups in total. The van der Waals surface area contributed by atoms with Crippen LogP contribution in [0, 0.1) is 6.92 Å². The molecule has 2 aromatic heterocycles. The summed E-state index contributed by atoms with van der Waals surface area (Å²) in [6.45, 7) is 2.54. The van der Waals surface area contributed by atoms with E-state index in [1.807, 2.05) is 19.1 Å². The van der Waals surface area contributed by atoms with Gasteiger partial charge in [-0.1, -0.05) is 17.7 Å². The van der Waals surface area contributed by atoms with Gasteiger partial charge in [0.05, 0.1) is 18.4 Å². The Morgan fingerprint density at radius 2 is 2.12 bits per heavy atom. The van der Waals surface area contributed by atoms with Crippen LogP contribution in [0.5, 0.6) is 0 Å². The third kappa shape index (κ3) is 3.05. The molecule has 0 aromatic carbocycles. The van der Waals surface area contributed by atoms with Gasteiger partial charge in [-0.3, -0.25) is 4.98 Å². The average molecular weight is 269 g/mol. The van der Waals surface area contributed by atoms with E-state index in [0.29, 0.717) is 17.4 Å². The van der Waals surface area contributed by atoms with E-state index in [-0.39, 0.29) is 5.28 Å². The summed E-state index contributed by atoms with van der Waals surface area (Å²) < 4.78 is 0. The lowest BCUT2D eigenvalue weighted by Crippen LogP contribution is -2.05. The summed E-state index contributed by atoms with van der Waals surface area (Å²) in [6, 6.07) is 3.89. The fraction of sp³-hybridized carbons (Fsp3) is 0.182. The number of nitrogens with zero attached hydrogens (tertiary/aromatic N) is 3. The molecule has 6 heteroatoms. The Hall–Kier alpha value is -1.39. The monoisotopic (exact) mass is 268 g/mol. The molecule has 2 aromatic rings. The zero-order valence-corrected chi connectivity index (χ0v) is 10.6. The van der Waals surface area contributed by atoms with Crippen molar-refractivity contribution in [1.29, 1.82) is 0 Å². The highest BCUT2D eigenvalue weighted by Crippen LogP contribution is 2.20. The molecule has 0 aliphatic rings. The number of aromatic nitrogens is 3. The molecule has 17 heavy (non-hydrogen) atoms. The number of pyridine rings is 1. The second-order valence-corrected chi connectivity index (χ2v) is 4.20. The third-order valence-electron chi connectivity index (χ3n) is 2.26. The van der Waals surface area contributed by atoms with Crippen LogP contribution in [0.25, 0.3) is 0 Å². The molecule has 4 nitrogen and oxygen atoms in total. The van der Waals surface area contributed by atoms with Gasteiger partial charge in [-0.15, -0.1) is 0 Å². The van der Waals surface area contributed by atoms with E-state index in [2.05, 4.69) is 20.3 Å². The van der Waals surface area contributed by atoms with Gasteiger partial charge in [0, 0.05) is 6.20 Å². The summed E-state index contributed by atoms with van der Waals surface area (Å²) >= 11 is 11.6. The zero-order valence-electron chi connectivity index (χ0n) is 9.11. The second kappa shape index (κ2) is 5.29. The van der Waals surface area contributed by atoms with Crippen LogP contribution in [0.4, 0.5) is 5.82 Å². The number of nitrogens with one attached hydrogen (secondary N) is 1. The highest BCUT2D eigenvalue weighted by molar-refractivity contribution is 6.33. The molecule has 88 valence electrons. The minimum atomic E-state index is 0.162. The number of hydrogen-bond donors (Lipinski definition) is 1. The maximum Gasteiger partial charge on any atom is 0.224 e. The predicted octanol–water partition coefficient (Wildman–Crippen LogP) is 3.10. The first kappa shape index (κ1) is 12.1. The minimum absolute atomic E-state index is 0.162. The van der Waals surface area contributed by atoms with Crippen LogP contribution in [-0.2, 0) is 6.54 Å². The molecule has 0 aliphatic heterocycles. The molecule has 0 bridgehead atoms. The first-order chi connectivity index (χ1) is 8.16. The van der Waals surface area contributed by atoms with Crippen molar-refractivity contribution < 1.29 is 0 Å². The zero-order chi connectivity index (χ0) is 12.3. The van der Waals surface area contributed by atoms with Crippen LogP contribution >= 0.6 is 23.2 Å². The molecule has 0 atom stereocenters. The lowest BCUT2D eigenvalue weighted by molar-refractivity contribution is 0.999. The van der Waals surface area contributed by atoms with E-state index in [1.165, 1.54) is 6.20 Å². The maximum atomic E-state index is 5.94. The van der Waals surface area contributed by atoms with Gasteiger partial charge in [-0.05, 0) is 30.2 Å². The molecule has 0 saturated heterocycles. The number of anilines is 1. The Kier molecular flexibility index (Phi) is 3.76. The average Bonchev–Trinajstić information content (AvgIpc) is 2.32. The Morgan fingerprint density at radius 1 is 1.29 bits per heavy atom. The van der Waals surface area contributed by atoms with Crippen molar-refractivity contribution in [2.45, 2.75) is 13.5 Å². The molecule has 0 saturated carbocycles. The first-order valence-electron chi connectivity index (χ1n) is 4.99. The molecule has 0 spiro atoms. The molecule has 0 unspecified atom stereocenters. The number of halogens is 2. The Labute approximate surface area is 109 Å². The highest BCUT2D eigenvalue weighted by Gasteiger charge is 2.05. The van der Waals surface area contributed by atoms with Crippen molar-refractivity contribution in [2.24, 2.45) is 0 Å². The topological polar surface area (TPSA) is 50.7 Å². The number of aryl methyl sites for hydroxylation is 1. The summed E-state index contributed by atoms with van der Waals surface area (Å²) in [5, 5.41) is 3.68. The lowest BCUT2D eigenvalue weighted by atomic mass is 10.2. The summed E-state index contributed by atoms with van der Waals surface area (Å²) in [7, 11) is 0. The van der Waals surface area contributed by atoms with E-state index in [1.54, 1.807) is 6.20 Å². The third-order valence-corrected chi connectivity index (χ3v) is 2.71. The predicted molar refractivity (Wildman–Crippen MR) is 68.4 cm³/mol. The fourth-order valence-electron chi connectivity index (χ4n) is 1.34. The lowest BCUT2D eigenvalue weighted by Gasteiger charge is -2.08. The number of hydrogen-bond acceptors (Lipinski definition) is 4. The van der Waals surface area contributed by atoms with Gasteiger partial charge in [-0.2, -0.15) is 4.98 Å². The first-order valence-corrected chi connectivity index (χ1v) is 5.75. The normalized spacial score (nSPS) is 10.3. The standard InChI is InChI=1S/C11H10Cl2N4/c1-7-3-2-4-14-9(7)6-15-10-8(12)5-16-11(13)17-10/h2-5H,6H2,1H3,(H,15,16,17). The van der Waals surface area contributed by atoms with E-state index in [9.17, 15) is 0 Å². The van der Waals surface area contributed by atoms with Crippen LogP contribution in [0.3, 0.4) is 0 Å². The quantitative estimate of drug-likeness (QED) is 0.870. The van der Waals surface area contributed by atoms with Crippen LogP contribution in [0.15, 0.2) is 24.5 Å². The molecular weight excluding hydrogens is 259 g/mol. The van der Waals surface area contributed by atoms with Crippen molar-refractivity contribution in [1.82, 2.24) is 15.0 Å². The Bertz CT molecular complexity index is 531. The maximum absolute atomic E-state index is 5.94. The van der Waals surface area contributed by atoms with Crippen molar-refractivity contribution in [3.05, 3.63) is 46.1 Å². The van der Waals surface area contributed by atoms with Gasteiger partial charge >= 0.3 is 0 Å². The summed E-state index contributed by atoms with van der Waals surface area (Å²) in [5.74, 6) is 0.511. The molecule has 0 radical (unpaired) electrons. The molecule has 0 fully saturated rings.